The molecule has 1 aromatic rings. The van der Waals surface area contributed by atoms with Crippen LogP contribution >= 0.6 is 0 Å². The van der Waals surface area contributed by atoms with Gasteiger partial charge in [-0.15, -0.1) is 0 Å². The maximum absolute atomic E-state index is 12.3. The number of aromatic carboxylic acids is 1. The first-order valence-corrected chi connectivity index (χ1v) is 7.25. The summed E-state index contributed by atoms with van der Waals surface area (Å²) in [5, 5.41) is 11.1. The van der Waals surface area contributed by atoms with E-state index < -0.39 is 22.0 Å². The van der Waals surface area contributed by atoms with Gasteiger partial charge < -0.3 is 10.4 Å². The molecule has 1 amide bonds. The third kappa shape index (κ3) is 3.20. The van der Waals surface area contributed by atoms with E-state index in [9.17, 15) is 13.8 Å². The van der Waals surface area contributed by atoms with Gasteiger partial charge in [-0.2, -0.15) is 0 Å². The number of hydrogen-bond acceptors (Lipinski definition) is 3. The topological polar surface area (TPSA) is 83.5 Å². The molecule has 102 valence electrons. The molecule has 0 heterocycles. The molecule has 1 fully saturated rings. The molecule has 2 atom stereocenters. The summed E-state index contributed by atoms with van der Waals surface area (Å²) in [4.78, 5) is 23.1. The zero-order valence-electron chi connectivity index (χ0n) is 10.5. The van der Waals surface area contributed by atoms with E-state index in [1.54, 1.807) is 19.1 Å². The maximum Gasteiger partial charge on any atom is 0.336 e. The molecule has 2 N–H and O–H groups in total. The second-order valence-electron chi connectivity index (χ2n) is 4.52. The maximum atomic E-state index is 12.3. The predicted molar refractivity (Wildman–Crippen MR) is 70.4 cm³/mol. The van der Waals surface area contributed by atoms with Gasteiger partial charge in [-0.3, -0.25) is 9.00 Å². The van der Waals surface area contributed by atoms with E-state index >= 15 is 0 Å². The monoisotopic (exact) mass is 281 g/mol. The lowest BCUT2D eigenvalue weighted by Gasteiger charge is -2.13. The molecule has 1 saturated carbocycles. The standard InChI is InChI=1S/C13H15NO4S/c1-8(12(15)14-9-6-7-9)19(18)11-5-3-2-4-10(11)13(16)17/h2-5,8-9H,6-7H2,1H3,(H,14,15)(H,16,17). The Morgan fingerprint density at radius 1 is 1.37 bits per heavy atom. The first-order valence-electron chi connectivity index (χ1n) is 6.04. The van der Waals surface area contributed by atoms with Crippen molar-refractivity contribution in [3.63, 3.8) is 0 Å². The summed E-state index contributed by atoms with van der Waals surface area (Å²) in [5.41, 5.74) is -0.0214. The van der Waals surface area contributed by atoms with Gasteiger partial charge in [0.15, 0.2) is 0 Å². The van der Waals surface area contributed by atoms with Gasteiger partial charge in [0, 0.05) is 6.04 Å². The van der Waals surface area contributed by atoms with Gasteiger partial charge in [0.05, 0.1) is 21.3 Å². The molecule has 0 radical (unpaired) electrons. The predicted octanol–water partition coefficient (Wildman–Crippen LogP) is 1.16. The van der Waals surface area contributed by atoms with E-state index in [2.05, 4.69) is 5.32 Å². The van der Waals surface area contributed by atoms with Gasteiger partial charge in [-0.25, -0.2) is 4.79 Å². The van der Waals surface area contributed by atoms with Crippen molar-refractivity contribution in [2.24, 2.45) is 0 Å². The van der Waals surface area contributed by atoms with Crippen LogP contribution in [0.25, 0.3) is 0 Å². The first-order chi connectivity index (χ1) is 9.00. The first kappa shape index (κ1) is 13.7. The summed E-state index contributed by atoms with van der Waals surface area (Å²) in [6, 6.07) is 6.26. The lowest BCUT2D eigenvalue weighted by molar-refractivity contribution is -0.120. The van der Waals surface area contributed by atoms with Crippen LogP contribution in [0.5, 0.6) is 0 Å². The fourth-order valence-corrected chi connectivity index (χ4v) is 2.88. The minimum atomic E-state index is -1.67. The van der Waals surface area contributed by atoms with E-state index in [1.165, 1.54) is 12.1 Å². The summed E-state index contributed by atoms with van der Waals surface area (Å²) in [5.74, 6) is -1.43. The number of benzene rings is 1. The number of amides is 1. The third-order valence-electron chi connectivity index (χ3n) is 2.95. The molecule has 0 aliphatic heterocycles. The average Bonchev–Trinajstić information content (AvgIpc) is 3.20. The fourth-order valence-electron chi connectivity index (χ4n) is 1.65. The van der Waals surface area contributed by atoms with Crippen LogP contribution in [0.3, 0.4) is 0 Å². The Hall–Kier alpha value is -1.69. The largest absolute Gasteiger partial charge is 0.478 e. The molecule has 1 aliphatic rings. The Balaban J connectivity index is 2.18. The second-order valence-corrected chi connectivity index (χ2v) is 6.27. The van der Waals surface area contributed by atoms with E-state index in [4.69, 9.17) is 5.11 Å². The number of carboxylic acid groups (broad SMARTS) is 1. The second kappa shape index (κ2) is 5.52. The highest BCUT2D eigenvalue weighted by Gasteiger charge is 2.29. The van der Waals surface area contributed by atoms with Gasteiger partial charge in [-0.1, -0.05) is 12.1 Å². The van der Waals surface area contributed by atoms with Gasteiger partial charge in [0.2, 0.25) is 5.91 Å². The summed E-state index contributed by atoms with van der Waals surface area (Å²) in [6.45, 7) is 1.55. The quantitative estimate of drug-likeness (QED) is 0.848. The van der Waals surface area contributed by atoms with E-state index in [-0.39, 0.29) is 22.4 Å². The molecule has 6 heteroatoms. The Morgan fingerprint density at radius 2 is 2.00 bits per heavy atom. The smallest absolute Gasteiger partial charge is 0.336 e. The van der Waals surface area contributed by atoms with Gasteiger partial charge in [-0.05, 0) is 31.9 Å². The zero-order chi connectivity index (χ0) is 14.0. The van der Waals surface area contributed by atoms with Crippen molar-refractivity contribution in [1.29, 1.82) is 0 Å². The van der Waals surface area contributed by atoms with Crippen LogP contribution in [0.2, 0.25) is 0 Å². The van der Waals surface area contributed by atoms with Crippen LogP contribution in [-0.2, 0) is 15.6 Å². The minimum absolute atomic E-state index is 0.0214. The zero-order valence-corrected chi connectivity index (χ0v) is 11.3. The summed E-state index contributed by atoms with van der Waals surface area (Å²) in [7, 11) is -1.67. The fraction of sp³-hybridized carbons (Fsp3) is 0.385. The van der Waals surface area contributed by atoms with Crippen LogP contribution in [-0.4, -0.2) is 32.5 Å². The van der Waals surface area contributed by atoms with Crippen molar-refractivity contribution in [3.05, 3.63) is 29.8 Å². The molecule has 2 rings (SSSR count). The van der Waals surface area contributed by atoms with Crippen LogP contribution in [0.1, 0.15) is 30.1 Å². The Bertz CT molecular complexity index is 539. The number of nitrogens with one attached hydrogen (secondary N) is 1. The van der Waals surface area contributed by atoms with Crippen LogP contribution in [0.4, 0.5) is 0 Å². The van der Waals surface area contributed by atoms with Gasteiger partial charge in [0.25, 0.3) is 0 Å². The summed E-state index contributed by atoms with van der Waals surface area (Å²) in [6.07, 6.45) is 1.91. The van der Waals surface area contributed by atoms with Crippen molar-refractivity contribution in [2.45, 2.75) is 36.0 Å². The number of carbonyl (C=O) groups is 2. The molecule has 1 aromatic carbocycles. The average molecular weight is 281 g/mol. The van der Waals surface area contributed by atoms with E-state index in [0.29, 0.717) is 0 Å². The van der Waals surface area contributed by atoms with Crippen molar-refractivity contribution in [2.75, 3.05) is 0 Å². The molecule has 2 unspecified atom stereocenters. The van der Waals surface area contributed by atoms with Crippen LogP contribution < -0.4 is 5.32 Å². The Kier molecular flexibility index (Phi) is 3.99. The van der Waals surface area contributed by atoms with Gasteiger partial charge in [0.1, 0.15) is 5.25 Å². The Labute approximate surface area is 113 Å². The molecule has 19 heavy (non-hydrogen) atoms. The molecular formula is C13H15NO4S. The minimum Gasteiger partial charge on any atom is -0.478 e. The molecule has 0 aromatic heterocycles. The van der Waals surface area contributed by atoms with Gasteiger partial charge >= 0.3 is 5.97 Å². The summed E-state index contributed by atoms with van der Waals surface area (Å²) < 4.78 is 12.3. The molecule has 5 nitrogen and oxygen atoms in total. The van der Waals surface area contributed by atoms with E-state index in [0.717, 1.165) is 12.8 Å². The van der Waals surface area contributed by atoms with Crippen molar-refractivity contribution < 1.29 is 18.9 Å². The lowest BCUT2D eigenvalue weighted by atomic mass is 10.2. The molecule has 0 saturated heterocycles. The highest BCUT2D eigenvalue weighted by atomic mass is 32.2. The summed E-state index contributed by atoms with van der Waals surface area (Å²) >= 11 is 0. The highest BCUT2D eigenvalue weighted by Crippen LogP contribution is 2.21. The van der Waals surface area contributed by atoms with Crippen molar-refractivity contribution >= 4 is 22.7 Å². The third-order valence-corrected chi connectivity index (χ3v) is 4.59. The lowest BCUT2D eigenvalue weighted by Crippen LogP contribution is -2.37. The molecule has 1 aliphatic carbocycles. The number of carbonyl (C=O) groups excluding carboxylic acids is 1. The van der Waals surface area contributed by atoms with Crippen molar-refractivity contribution in [3.8, 4) is 0 Å². The van der Waals surface area contributed by atoms with Crippen molar-refractivity contribution in [1.82, 2.24) is 5.32 Å². The normalized spacial score (nSPS) is 17.5. The van der Waals surface area contributed by atoms with Crippen LogP contribution in [0.15, 0.2) is 29.2 Å². The molecule has 0 spiro atoms. The number of carboxylic acids is 1. The number of hydrogen-bond donors (Lipinski definition) is 2. The Morgan fingerprint density at radius 3 is 2.58 bits per heavy atom. The molecule has 0 bridgehead atoms. The van der Waals surface area contributed by atoms with Crippen LogP contribution in [0, 0.1) is 0 Å². The highest BCUT2D eigenvalue weighted by molar-refractivity contribution is 7.86. The number of rotatable bonds is 5. The SMILES string of the molecule is CC(C(=O)NC1CC1)S(=O)c1ccccc1C(=O)O. The molecular weight excluding hydrogens is 266 g/mol. The van der Waals surface area contributed by atoms with E-state index in [1.807, 2.05) is 0 Å².